The molecule has 0 heterocycles. The first-order valence-corrected chi connectivity index (χ1v) is 7.18. The lowest BCUT2D eigenvalue weighted by atomic mass is 10.1. The van der Waals surface area contributed by atoms with Crippen LogP contribution in [0.3, 0.4) is 0 Å². The van der Waals surface area contributed by atoms with Gasteiger partial charge in [0.15, 0.2) is 0 Å². The van der Waals surface area contributed by atoms with Crippen LogP contribution in [0.4, 0.5) is 0 Å². The molecular weight excluding hydrogens is 198 g/mol. The van der Waals surface area contributed by atoms with Crippen molar-refractivity contribution < 1.29 is 5.11 Å². The monoisotopic (exact) mass is 225 g/mol. The van der Waals surface area contributed by atoms with Crippen molar-refractivity contribution in [1.82, 2.24) is 4.90 Å². The zero-order valence-electron chi connectivity index (χ0n) is 10.7. The SMILES string of the molecule is CCC(O)CCCN(CC1CC1)CC1CC1. The van der Waals surface area contributed by atoms with E-state index in [1.54, 1.807) is 0 Å². The van der Waals surface area contributed by atoms with E-state index in [-0.39, 0.29) is 6.10 Å². The van der Waals surface area contributed by atoms with Crippen molar-refractivity contribution >= 4 is 0 Å². The lowest BCUT2D eigenvalue weighted by Crippen LogP contribution is -2.29. The molecule has 0 saturated heterocycles. The third-order valence-electron chi connectivity index (χ3n) is 3.91. The molecule has 0 aliphatic heterocycles. The minimum atomic E-state index is -0.0660. The van der Waals surface area contributed by atoms with Gasteiger partial charge in [-0.2, -0.15) is 0 Å². The summed E-state index contributed by atoms with van der Waals surface area (Å²) in [6.45, 7) is 5.94. The largest absolute Gasteiger partial charge is 0.393 e. The summed E-state index contributed by atoms with van der Waals surface area (Å²) in [6.07, 6.45) is 8.83. The molecule has 2 heteroatoms. The van der Waals surface area contributed by atoms with Gasteiger partial charge in [0.2, 0.25) is 0 Å². The van der Waals surface area contributed by atoms with E-state index in [1.165, 1.54) is 51.7 Å². The molecule has 2 aliphatic carbocycles. The fraction of sp³-hybridized carbons (Fsp3) is 1.00. The van der Waals surface area contributed by atoms with Gasteiger partial charge in [-0.05, 0) is 63.3 Å². The van der Waals surface area contributed by atoms with Gasteiger partial charge in [-0.25, -0.2) is 0 Å². The van der Waals surface area contributed by atoms with Crippen LogP contribution in [0.25, 0.3) is 0 Å². The summed E-state index contributed by atoms with van der Waals surface area (Å²) < 4.78 is 0. The molecule has 0 amide bonds. The van der Waals surface area contributed by atoms with E-state index >= 15 is 0 Å². The van der Waals surface area contributed by atoms with Gasteiger partial charge in [0, 0.05) is 13.1 Å². The van der Waals surface area contributed by atoms with Crippen LogP contribution in [0.2, 0.25) is 0 Å². The standard InChI is InChI=1S/C14H27NO/c1-2-14(16)4-3-9-15(10-12-5-6-12)11-13-7-8-13/h12-14,16H,2-11H2,1H3. The minimum absolute atomic E-state index is 0.0660. The summed E-state index contributed by atoms with van der Waals surface area (Å²) in [5.41, 5.74) is 0. The van der Waals surface area contributed by atoms with E-state index in [9.17, 15) is 5.11 Å². The molecule has 0 bridgehead atoms. The number of aliphatic hydroxyl groups excluding tert-OH is 1. The van der Waals surface area contributed by atoms with Crippen LogP contribution in [-0.2, 0) is 0 Å². The summed E-state index contributed by atoms with van der Waals surface area (Å²) in [5.74, 6) is 2.02. The van der Waals surface area contributed by atoms with Gasteiger partial charge >= 0.3 is 0 Å². The van der Waals surface area contributed by atoms with Gasteiger partial charge in [-0.3, -0.25) is 0 Å². The molecule has 1 atom stereocenters. The number of aliphatic hydroxyl groups is 1. The van der Waals surface area contributed by atoms with E-state index < -0.39 is 0 Å². The second-order valence-corrected chi connectivity index (χ2v) is 5.85. The van der Waals surface area contributed by atoms with Crippen LogP contribution in [0, 0.1) is 11.8 Å². The Morgan fingerprint density at radius 1 is 1.12 bits per heavy atom. The highest BCUT2D eigenvalue weighted by Gasteiger charge is 2.28. The molecule has 1 N–H and O–H groups in total. The molecule has 0 aromatic carbocycles. The molecule has 2 nitrogen and oxygen atoms in total. The smallest absolute Gasteiger partial charge is 0.0538 e. The van der Waals surface area contributed by atoms with Crippen molar-refractivity contribution in [2.24, 2.45) is 11.8 Å². The van der Waals surface area contributed by atoms with Crippen molar-refractivity contribution in [3.8, 4) is 0 Å². The maximum atomic E-state index is 9.54. The first kappa shape index (κ1) is 12.4. The van der Waals surface area contributed by atoms with E-state index in [0.717, 1.165) is 24.7 Å². The molecule has 0 radical (unpaired) electrons. The second-order valence-electron chi connectivity index (χ2n) is 5.85. The van der Waals surface area contributed by atoms with Gasteiger partial charge in [0.05, 0.1) is 6.10 Å². The van der Waals surface area contributed by atoms with E-state index in [0.29, 0.717) is 0 Å². The molecule has 1 unspecified atom stereocenters. The van der Waals surface area contributed by atoms with Crippen molar-refractivity contribution in [2.45, 2.75) is 58.0 Å². The maximum absolute atomic E-state index is 9.54. The van der Waals surface area contributed by atoms with Crippen molar-refractivity contribution in [3.05, 3.63) is 0 Å². The lowest BCUT2D eigenvalue weighted by molar-refractivity contribution is 0.147. The molecule has 2 fully saturated rings. The second kappa shape index (κ2) is 6.02. The number of hydrogen-bond donors (Lipinski definition) is 1. The highest BCUT2D eigenvalue weighted by molar-refractivity contribution is 4.82. The Balaban J connectivity index is 1.60. The fourth-order valence-corrected chi connectivity index (χ4v) is 2.34. The molecule has 94 valence electrons. The summed E-state index contributed by atoms with van der Waals surface area (Å²) in [4.78, 5) is 2.66. The minimum Gasteiger partial charge on any atom is -0.393 e. The first-order chi connectivity index (χ1) is 7.78. The third-order valence-corrected chi connectivity index (χ3v) is 3.91. The summed E-state index contributed by atoms with van der Waals surface area (Å²) in [7, 11) is 0. The molecule has 2 aliphatic rings. The topological polar surface area (TPSA) is 23.5 Å². The van der Waals surface area contributed by atoms with Gasteiger partial charge in [-0.1, -0.05) is 6.92 Å². The lowest BCUT2D eigenvalue weighted by Gasteiger charge is -2.22. The quantitative estimate of drug-likeness (QED) is 0.652. The predicted molar refractivity (Wildman–Crippen MR) is 67.4 cm³/mol. The Labute approximate surface area is 100 Å². The zero-order valence-corrected chi connectivity index (χ0v) is 10.7. The fourth-order valence-electron chi connectivity index (χ4n) is 2.34. The maximum Gasteiger partial charge on any atom is 0.0538 e. The van der Waals surface area contributed by atoms with Crippen LogP contribution in [0.15, 0.2) is 0 Å². The van der Waals surface area contributed by atoms with Crippen molar-refractivity contribution in [2.75, 3.05) is 19.6 Å². The Kier molecular flexibility index (Phi) is 4.66. The Hall–Kier alpha value is -0.0800. The Morgan fingerprint density at radius 3 is 2.12 bits per heavy atom. The summed E-state index contributed by atoms with van der Waals surface area (Å²) in [5, 5.41) is 9.54. The van der Waals surface area contributed by atoms with Crippen LogP contribution >= 0.6 is 0 Å². The van der Waals surface area contributed by atoms with Gasteiger partial charge < -0.3 is 10.0 Å². The number of nitrogens with zero attached hydrogens (tertiary/aromatic N) is 1. The highest BCUT2D eigenvalue weighted by Crippen LogP contribution is 2.33. The average Bonchev–Trinajstić information content (AvgIpc) is 3.12. The van der Waals surface area contributed by atoms with Crippen LogP contribution in [-0.4, -0.2) is 35.7 Å². The van der Waals surface area contributed by atoms with Crippen LogP contribution in [0.5, 0.6) is 0 Å². The van der Waals surface area contributed by atoms with Crippen molar-refractivity contribution in [3.63, 3.8) is 0 Å². The molecule has 2 saturated carbocycles. The summed E-state index contributed by atoms with van der Waals surface area (Å²) in [6, 6.07) is 0. The van der Waals surface area contributed by atoms with Crippen LogP contribution in [0.1, 0.15) is 51.9 Å². The van der Waals surface area contributed by atoms with Gasteiger partial charge in [-0.15, -0.1) is 0 Å². The molecule has 0 spiro atoms. The molecule has 16 heavy (non-hydrogen) atoms. The van der Waals surface area contributed by atoms with Gasteiger partial charge in [0.1, 0.15) is 0 Å². The number of rotatable bonds is 9. The van der Waals surface area contributed by atoms with E-state index in [1.807, 2.05) is 0 Å². The third kappa shape index (κ3) is 4.84. The van der Waals surface area contributed by atoms with E-state index in [2.05, 4.69) is 11.8 Å². The van der Waals surface area contributed by atoms with E-state index in [4.69, 9.17) is 0 Å². The molecule has 2 rings (SSSR count). The van der Waals surface area contributed by atoms with Crippen molar-refractivity contribution in [1.29, 1.82) is 0 Å². The van der Waals surface area contributed by atoms with Crippen LogP contribution < -0.4 is 0 Å². The molecule has 0 aromatic rings. The first-order valence-electron chi connectivity index (χ1n) is 7.18. The normalized spacial score (nSPS) is 22.7. The zero-order chi connectivity index (χ0) is 11.4. The molecule has 0 aromatic heterocycles. The summed E-state index contributed by atoms with van der Waals surface area (Å²) >= 11 is 0. The highest BCUT2D eigenvalue weighted by atomic mass is 16.3. The Morgan fingerprint density at radius 2 is 1.69 bits per heavy atom. The Bertz CT molecular complexity index is 185. The molecular formula is C14H27NO. The predicted octanol–water partition coefficient (Wildman–Crippen LogP) is 2.66. The van der Waals surface area contributed by atoms with Gasteiger partial charge in [0.25, 0.3) is 0 Å². The average molecular weight is 225 g/mol. The number of hydrogen-bond acceptors (Lipinski definition) is 2.